The summed E-state index contributed by atoms with van der Waals surface area (Å²) in [4.78, 5) is 21.4. The van der Waals surface area contributed by atoms with Crippen molar-refractivity contribution in [3.8, 4) is 0 Å². The minimum absolute atomic E-state index is 0.0745. The number of nitrogens with zero attached hydrogens (tertiary/aromatic N) is 3. The molecule has 3 aromatic rings. The lowest BCUT2D eigenvalue weighted by Gasteiger charge is -2.28. The average Bonchev–Trinajstić information content (AvgIpc) is 3.15. The summed E-state index contributed by atoms with van der Waals surface area (Å²) in [5, 5.41) is 4.01. The van der Waals surface area contributed by atoms with Gasteiger partial charge < -0.3 is 15.1 Å². The van der Waals surface area contributed by atoms with Crippen molar-refractivity contribution in [1.29, 1.82) is 0 Å². The van der Waals surface area contributed by atoms with Crippen LogP contribution in [0, 0.1) is 0 Å². The molecule has 2 amide bonds. The molecule has 0 saturated carbocycles. The molecule has 0 fully saturated rings. The van der Waals surface area contributed by atoms with Gasteiger partial charge in [-0.05, 0) is 49.1 Å². The minimum Gasteiger partial charge on any atom is -0.374 e. The van der Waals surface area contributed by atoms with E-state index in [1.165, 1.54) is 17.7 Å². The number of carbonyl (C=O) groups is 1. The van der Waals surface area contributed by atoms with Crippen LogP contribution in [-0.2, 0) is 13.0 Å². The summed E-state index contributed by atoms with van der Waals surface area (Å²) < 4.78 is 1.15. The minimum atomic E-state index is -0.0819. The predicted octanol–water partition coefficient (Wildman–Crippen LogP) is 4.58. The van der Waals surface area contributed by atoms with Crippen LogP contribution in [0.15, 0.2) is 42.5 Å². The Kier molecular flexibility index (Phi) is 5.22. The second-order valence-electron chi connectivity index (χ2n) is 7.45. The van der Waals surface area contributed by atoms with Crippen LogP contribution in [-0.4, -0.2) is 36.6 Å². The van der Waals surface area contributed by atoms with Crippen LogP contribution >= 0.6 is 11.3 Å². The van der Waals surface area contributed by atoms with Gasteiger partial charge in [0.2, 0.25) is 0 Å². The molecule has 6 heteroatoms. The lowest BCUT2D eigenvalue weighted by Crippen LogP contribution is -2.38. The SMILES string of the molecule is C[C@H](c1nc2ccccc2s1)N(C)C(=O)NCc1ccc2c(c1)CCCN2C. The summed E-state index contributed by atoms with van der Waals surface area (Å²) >= 11 is 1.64. The highest BCUT2D eigenvalue weighted by Crippen LogP contribution is 2.29. The molecule has 1 aromatic heterocycles. The lowest BCUT2D eigenvalue weighted by atomic mass is 9.99. The Morgan fingerprint density at radius 3 is 2.96 bits per heavy atom. The summed E-state index contributed by atoms with van der Waals surface area (Å²) in [5.41, 5.74) is 4.81. The maximum atomic E-state index is 12.7. The zero-order valence-corrected chi connectivity index (χ0v) is 17.4. The maximum Gasteiger partial charge on any atom is 0.317 e. The molecule has 0 radical (unpaired) electrons. The number of hydrogen-bond acceptors (Lipinski definition) is 4. The van der Waals surface area contributed by atoms with Gasteiger partial charge in [0.1, 0.15) is 5.01 Å². The molecule has 146 valence electrons. The second kappa shape index (κ2) is 7.80. The fourth-order valence-electron chi connectivity index (χ4n) is 3.66. The summed E-state index contributed by atoms with van der Waals surface area (Å²) in [6.45, 7) is 3.66. The number of aromatic nitrogens is 1. The quantitative estimate of drug-likeness (QED) is 0.705. The Labute approximate surface area is 170 Å². The zero-order chi connectivity index (χ0) is 19.7. The van der Waals surface area contributed by atoms with Crippen molar-refractivity contribution >= 4 is 33.3 Å². The lowest BCUT2D eigenvalue weighted by molar-refractivity contribution is 0.194. The number of urea groups is 1. The summed E-state index contributed by atoms with van der Waals surface area (Å²) in [6.07, 6.45) is 2.29. The second-order valence-corrected chi connectivity index (χ2v) is 8.52. The van der Waals surface area contributed by atoms with Gasteiger partial charge in [0, 0.05) is 32.9 Å². The first-order valence-electron chi connectivity index (χ1n) is 9.72. The van der Waals surface area contributed by atoms with E-state index in [1.807, 2.05) is 32.2 Å². The predicted molar refractivity (Wildman–Crippen MR) is 116 cm³/mol. The first-order valence-corrected chi connectivity index (χ1v) is 10.5. The number of rotatable bonds is 4. The van der Waals surface area contributed by atoms with Crippen LogP contribution in [0.2, 0.25) is 0 Å². The summed E-state index contributed by atoms with van der Waals surface area (Å²) in [6, 6.07) is 14.4. The molecule has 2 heterocycles. The molecule has 2 aromatic carbocycles. The third-order valence-corrected chi connectivity index (χ3v) is 6.71. The number of fused-ring (bicyclic) bond motifs is 2. The number of amides is 2. The van der Waals surface area contributed by atoms with Crippen molar-refractivity contribution in [3.05, 3.63) is 58.6 Å². The molecule has 0 bridgehead atoms. The highest BCUT2D eigenvalue weighted by molar-refractivity contribution is 7.18. The van der Waals surface area contributed by atoms with E-state index in [-0.39, 0.29) is 12.1 Å². The maximum absolute atomic E-state index is 12.7. The Morgan fingerprint density at radius 1 is 1.32 bits per heavy atom. The Hall–Kier alpha value is -2.60. The third kappa shape index (κ3) is 3.69. The largest absolute Gasteiger partial charge is 0.374 e. The number of para-hydroxylation sites is 1. The number of carbonyl (C=O) groups excluding carboxylic acids is 1. The Balaban J connectivity index is 1.40. The van der Waals surface area contributed by atoms with E-state index >= 15 is 0 Å². The number of hydrogen-bond donors (Lipinski definition) is 1. The fraction of sp³-hybridized carbons (Fsp3) is 0.364. The van der Waals surface area contributed by atoms with Crippen molar-refractivity contribution in [1.82, 2.24) is 15.2 Å². The number of anilines is 1. The van der Waals surface area contributed by atoms with Gasteiger partial charge in [0.25, 0.3) is 0 Å². The molecule has 5 nitrogen and oxygen atoms in total. The number of thiazole rings is 1. The molecule has 1 aliphatic heterocycles. The monoisotopic (exact) mass is 394 g/mol. The van der Waals surface area contributed by atoms with Crippen LogP contribution < -0.4 is 10.2 Å². The van der Waals surface area contributed by atoms with Crippen molar-refractivity contribution in [2.45, 2.75) is 32.4 Å². The first-order chi connectivity index (χ1) is 13.5. The van der Waals surface area contributed by atoms with E-state index in [9.17, 15) is 4.79 Å². The van der Waals surface area contributed by atoms with Crippen molar-refractivity contribution in [2.24, 2.45) is 0 Å². The molecule has 1 aliphatic rings. The molecule has 1 N–H and O–H groups in total. The summed E-state index contributed by atoms with van der Waals surface area (Å²) in [5.74, 6) is 0. The van der Waals surface area contributed by atoms with Crippen molar-refractivity contribution in [2.75, 3.05) is 25.5 Å². The molecule has 28 heavy (non-hydrogen) atoms. The van der Waals surface area contributed by atoms with E-state index in [0.29, 0.717) is 6.54 Å². The average molecular weight is 395 g/mol. The highest BCUT2D eigenvalue weighted by atomic mass is 32.1. The van der Waals surface area contributed by atoms with Crippen LogP contribution in [0.4, 0.5) is 10.5 Å². The van der Waals surface area contributed by atoms with Crippen LogP contribution in [0.1, 0.15) is 35.5 Å². The fourth-order valence-corrected chi connectivity index (χ4v) is 4.72. The normalized spacial score (nSPS) is 14.6. The topological polar surface area (TPSA) is 48.5 Å². The van der Waals surface area contributed by atoms with Gasteiger partial charge in [-0.25, -0.2) is 9.78 Å². The number of aryl methyl sites for hydroxylation is 1. The number of benzene rings is 2. The van der Waals surface area contributed by atoms with Crippen LogP contribution in [0.25, 0.3) is 10.2 Å². The smallest absolute Gasteiger partial charge is 0.317 e. The molecular formula is C22H26N4OS. The van der Waals surface area contributed by atoms with Crippen molar-refractivity contribution < 1.29 is 4.79 Å². The van der Waals surface area contributed by atoms with Crippen molar-refractivity contribution in [3.63, 3.8) is 0 Å². The molecule has 0 saturated heterocycles. The molecule has 0 aliphatic carbocycles. The van der Waals surface area contributed by atoms with E-state index in [2.05, 4.69) is 46.5 Å². The van der Waals surface area contributed by atoms with Gasteiger partial charge in [-0.1, -0.05) is 24.3 Å². The van der Waals surface area contributed by atoms with E-state index in [4.69, 9.17) is 0 Å². The van der Waals surface area contributed by atoms with Gasteiger partial charge in [-0.15, -0.1) is 11.3 Å². The molecule has 1 atom stereocenters. The molecule has 4 rings (SSSR count). The van der Waals surface area contributed by atoms with E-state index in [0.717, 1.165) is 33.8 Å². The zero-order valence-electron chi connectivity index (χ0n) is 16.6. The van der Waals surface area contributed by atoms with Crippen LogP contribution in [0.3, 0.4) is 0 Å². The van der Waals surface area contributed by atoms with Gasteiger partial charge in [-0.2, -0.15) is 0 Å². The van der Waals surface area contributed by atoms with Crippen LogP contribution in [0.5, 0.6) is 0 Å². The molecular weight excluding hydrogens is 368 g/mol. The standard InChI is InChI=1S/C22H26N4OS/c1-15(21-24-18-8-4-5-9-20(18)28-21)26(3)22(27)23-14-16-10-11-19-17(13-16)7-6-12-25(19)2/h4-5,8-11,13,15H,6-7,12,14H2,1-3H3,(H,23,27)/t15-/m1/s1. The van der Waals surface area contributed by atoms with Gasteiger partial charge in [-0.3, -0.25) is 0 Å². The highest BCUT2D eigenvalue weighted by Gasteiger charge is 2.21. The Morgan fingerprint density at radius 2 is 2.14 bits per heavy atom. The molecule has 0 unspecified atom stereocenters. The first kappa shape index (κ1) is 18.7. The molecule has 0 spiro atoms. The Bertz CT molecular complexity index is 966. The van der Waals surface area contributed by atoms with Gasteiger partial charge >= 0.3 is 6.03 Å². The number of nitrogens with one attached hydrogen (secondary N) is 1. The summed E-state index contributed by atoms with van der Waals surface area (Å²) in [7, 11) is 3.96. The van der Waals surface area contributed by atoms with Gasteiger partial charge in [0.05, 0.1) is 16.3 Å². The van der Waals surface area contributed by atoms with E-state index in [1.54, 1.807) is 16.2 Å². The van der Waals surface area contributed by atoms with Gasteiger partial charge in [0.15, 0.2) is 0 Å². The third-order valence-electron chi connectivity index (χ3n) is 5.51. The van der Waals surface area contributed by atoms with E-state index < -0.39 is 0 Å².